The van der Waals surface area contributed by atoms with E-state index in [2.05, 4.69) is 249 Å². The summed E-state index contributed by atoms with van der Waals surface area (Å²) in [6, 6.07) is 45.3. The molecule has 16 rings (SSSR count). The van der Waals surface area contributed by atoms with E-state index in [4.69, 9.17) is 9.97 Å². The number of hydrogen-bond donors (Lipinski definition) is 2. The van der Waals surface area contributed by atoms with Crippen LogP contribution in [-0.4, -0.2) is 28.4 Å². The van der Waals surface area contributed by atoms with Crippen molar-refractivity contribution in [3.63, 3.8) is 0 Å². The summed E-state index contributed by atoms with van der Waals surface area (Å²) in [7, 11) is -4.01. The van der Waals surface area contributed by atoms with Gasteiger partial charge in [-0.05, 0) is 194 Å². The van der Waals surface area contributed by atoms with Gasteiger partial charge >= 0.3 is 0 Å². The fourth-order valence-electron chi connectivity index (χ4n) is 17.1. The SMILES string of the molecule is CC(C)(C)c1cc(-c2c3[nH]c(c4c3CS(=O)(=O)C4)c(-c3cc(C(C)(C)C)cc(C(C)(C)C)c3)c3nc(c(-c4cc(C(C)(C)C)cc(C(C)(C)C)c4)c4[nH]c(c(-c5cc(C(C)(C)C)cc(C(C)(C)C)c5)c5nc2c2cc6c(=O)ccc(=O)c6cc52)c2cc5c(=O)ccc(=O)c5cc42)c2cc4c(=O)ccc(=O)c4cc32)cc(C(C)(C)C)c1. The molecule has 11 aromatic carbocycles. The second-order valence-electron chi connectivity index (χ2n) is 41.1. The first-order valence-electron chi connectivity index (χ1n) is 40.1. The number of sulfone groups is 1. The lowest BCUT2D eigenvalue weighted by molar-refractivity contribution is 0.568. The van der Waals surface area contributed by atoms with E-state index in [1.165, 1.54) is 36.4 Å². The Kier molecular flexibility index (Phi) is 17.3. The van der Waals surface area contributed by atoms with Crippen LogP contribution in [0.3, 0.4) is 0 Å². The molecule has 0 aliphatic carbocycles. The normalized spacial score (nSPS) is 14.2. The first-order chi connectivity index (χ1) is 53.2. The van der Waals surface area contributed by atoms with E-state index in [0.29, 0.717) is 132 Å². The highest BCUT2D eigenvalue weighted by Gasteiger charge is 2.37. The molecule has 0 unspecified atom stereocenters. The number of H-pyrrole nitrogens is 2. The van der Waals surface area contributed by atoms with Gasteiger partial charge in [0.15, 0.2) is 42.4 Å². The number of aromatic amines is 2. The van der Waals surface area contributed by atoms with Crippen LogP contribution >= 0.6 is 0 Å². The van der Waals surface area contributed by atoms with Gasteiger partial charge in [-0.2, -0.15) is 0 Å². The molecule has 1 aliphatic heterocycles. The van der Waals surface area contributed by atoms with Gasteiger partial charge in [0.2, 0.25) is 0 Å². The van der Waals surface area contributed by atoms with Gasteiger partial charge in [-0.1, -0.05) is 239 Å². The molecule has 584 valence electrons. The summed E-state index contributed by atoms with van der Waals surface area (Å²) in [6.07, 6.45) is 0. The zero-order chi connectivity index (χ0) is 83.1. The predicted molar refractivity (Wildman–Crippen MR) is 482 cm³/mol. The minimum atomic E-state index is -4.01. The van der Waals surface area contributed by atoms with Crippen molar-refractivity contribution in [3.05, 3.63) is 263 Å². The third-order valence-electron chi connectivity index (χ3n) is 24.2. The van der Waals surface area contributed by atoms with Crippen LogP contribution in [0.4, 0.5) is 0 Å². The van der Waals surface area contributed by atoms with Crippen LogP contribution in [0.1, 0.15) is 222 Å². The van der Waals surface area contributed by atoms with Crippen molar-refractivity contribution in [2.24, 2.45) is 0 Å². The summed E-state index contributed by atoms with van der Waals surface area (Å²) in [4.78, 5) is 111. The Morgan fingerprint density at radius 1 is 0.235 bits per heavy atom. The molecule has 4 aromatic heterocycles. The van der Waals surface area contributed by atoms with Gasteiger partial charge in [-0.3, -0.25) is 28.8 Å². The van der Waals surface area contributed by atoms with Crippen molar-refractivity contribution in [1.82, 2.24) is 19.9 Å². The lowest BCUT2D eigenvalue weighted by Gasteiger charge is -2.26. The first kappa shape index (κ1) is 78.0. The Morgan fingerprint density at radius 2 is 0.409 bits per heavy atom. The Balaban J connectivity index is 1.37. The van der Waals surface area contributed by atoms with E-state index >= 15 is 18.0 Å². The molecule has 15 aromatic rings. The lowest BCUT2D eigenvalue weighted by Crippen LogP contribution is -2.16. The fourth-order valence-corrected chi connectivity index (χ4v) is 18.7. The molecule has 115 heavy (non-hydrogen) atoms. The number of benzene rings is 10. The maximum Gasteiger partial charge on any atom is 0.186 e. The number of nitrogens with one attached hydrogen (secondary N) is 2. The number of nitrogens with zero attached hydrogens (tertiary/aromatic N) is 2. The molecule has 1 aliphatic rings. The molecule has 12 nitrogen and oxygen atoms in total. The van der Waals surface area contributed by atoms with E-state index in [1.807, 2.05) is 12.1 Å². The molecule has 0 saturated heterocycles. The van der Waals surface area contributed by atoms with Crippen molar-refractivity contribution in [2.45, 2.75) is 221 Å². The van der Waals surface area contributed by atoms with Gasteiger partial charge < -0.3 is 9.97 Å². The quantitative estimate of drug-likeness (QED) is 0.171. The number of aromatic nitrogens is 4. The van der Waals surface area contributed by atoms with Gasteiger partial charge in [0.1, 0.15) is 0 Å². The molecule has 0 spiro atoms. The predicted octanol–water partition coefficient (Wildman–Crippen LogP) is 22.7. The molecule has 0 fully saturated rings. The maximum absolute atomic E-state index is 15.6. The molecular weight excluding hydrogens is 1440 g/mol. The van der Waals surface area contributed by atoms with Crippen LogP contribution in [0.15, 0.2) is 174 Å². The van der Waals surface area contributed by atoms with Gasteiger partial charge in [0.25, 0.3) is 0 Å². The number of fused-ring (bicyclic) bond motifs is 3. The van der Waals surface area contributed by atoms with Crippen molar-refractivity contribution < 1.29 is 8.42 Å². The highest BCUT2D eigenvalue weighted by atomic mass is 32.2. The summed E-state index contributed by atoms with van der Waals surface area (Å²) >= 11 is 0. The lowest BCUT2D eigenvalue weighted by atomic mass is 9.78. The van der Waals surface area contributed by atoms with Gasteiger partial charge in [-0.15, -0.1) is 0 Å². The number of hydrogen-bond acceptors (Lipinski definition) is 10. The summed E-state index contributed by atoms with van der Waals surface area (Å²) in [5.41, 5.74) is 11.3. The molecule has 5 heterocycles. The van der Waals surface area contributed by atoms with Crippen molar-refractivity contribution in [2.75, 3.05) is 0 Å². The summed E-state index contributed by atoms with van der Waals surface area (Å²) in [6.45, 7) is 52.3. The maximum atomic E-state index is 15.6. The van der Waals surface area contributed by atoms with E-state index in [-0.39, 0.29) is 76.4 Å². The highest BCUT2D eigenvalue weighted by Crippen LogP contribution is 2.52. The van der Waals surface area contributed by atoms with Crippen molar-refractivity contribution in [1.29, 1.82) is 0 Å². The summed E-state index contributed by atoms with van der Waals surface area (Å²) in [5.74, 6) is -0.771. The van der Waals surface area contributed by atoms with Crippen LogP contribution in [0.25, 0.3) is 153 Å². The third-order valence-corrected chi connectivity index (χ3v) is 25.6. The van der Waals surface area contributed by atoms with Gasteiger partial charge in [-0.25, -0.2) is 18.4 Å². The monoisotopic (exact) mass is 1540 g/mol. The Bertz CT molecular complexity index is 6880. The van der Waals surface area contributed by atoms with Gasteiger partial charge in [0, 0.05) is 86.9 Å². The van der Waals surface area contributed by atoms with Gasteiger partial charge in [0.05, 0.1) is 55.6 Å². The van der Waals surface area contributed by atoms with Crippen molar-refractivity contribution >= 4 is 119 Å². The molecule has 0 amide bonds. The second kappa shape index (κ2) is 25.6. The second-order valence-corrected chi connectivity index (χ2v) is 43.1. The highest BCUT2D eigenvalue weighted by molar-refractivity contribution is 7.90. The van der Waals surface area contributed by atoms with Crippen LogP contribution in [0.2, 0.25) is 0 Å². The summed E-state index contributed by atoms with van der Waals surface area (Å²) in [5, 5.41) is 4.09. The molecule has 0 radical (unpaired) electrons. The Labute approximate surface area is 670 Å². The van der Waals surface area contributed by atoms with Crippen LogP contribution in [0.5, 0.6) is 0 Å². The van der Waals surface area contributed by atoms with E-state index in [1.54, 1.807) is 24.3 Å². The molecule has 13 heteroatoms. The average Bonchev–Trinajstić information content (AvgIpc) is 1.54. The average molecular weight is 1540 g/mol. The largest absolute Gasteiger partial charge is 0.354 e. The minimum Gasteiger partial charge on any atom is -0.354 e. The molecule has 0 saturated carbocycles. The van der Waals surface area contributed by atoms with Crippen LogP contribution in [0, 0.1) is 0 Å². The smallest absolute Gasteiger partial charge is 0.186 e. The summed E-state index contributed by atoms with van der Waals surface area (Å²) < 4.78 is 31.3. The Hall–Kier alpha value is -10.9. The van der Waals surface area contributed by atoms with E-state index in [9.17, 15) is 19.2 Å². The minimum absolute atomic E-state index is 0.170. The zero-order valence-electron chi connectivity index (χ0n) is 70.8. The van der Waals surface area contributed by atoms with Crippen LogP contribution < -0.4 is 32.6 Å². The first-order valence-corrected chi connectivity index (χ1v) is 41.9. The van der Waals surface area contributed by atoms with E-state index in [0.717, 1.165) is 44.5 Å². The molecule has 2 N–H and O–H groups in total. The third kappa shape index (κ3) is 13.2. The zero-order valence-corrected chi connectivity index (χ0v) is 71.7. The molecule has 8 bridgehead atoms. The van der Waals surface area contributed by atoms with Crippen LogP contribution in [-0.2, 0) is 64.7 Å². The molecule has 0 atom stereocenters. The topological polar surface area (TPSA) is 194 Å². The standard InChI is InChI=1S/C102H102N4O8S/c1-95(2,3)55-31-51(32-56(39-55)96(4,5)6)83-87-69-43-63-64(78(108)26-25-77(63)107)44-70(69)88(103-87)84(52-33-57(97(7,8)9)40-58(34-52)98(10,11)12)90-72-46-66-68(82(112)30-28-80(66)110)48-74(72)92(105-90)86(54-37-61(101(19,20)21)42-62(38-54)102(22,23)24)94-76-50-115(113,114)49-75(76)93(106-94)85(53-35-59(99(13,14)15)41-60(36-53)100(16,17)18)91-73-47-67-65(45-71(73)89(83)104-91)79(109)27-29-81(67)111/h25-48,103,106H,49-50H2,1-24H3. The molecular formula is C102H102N4O8S. The van der Waals surface area contributed by atoms with Crippen molar-refractivity contribution in [3.8, 4) is 44.5 Å². The van der Waals surface area contributed by atoms with E-state index < -0.39 is 53.2 Å². The Morgan fingerprint density at radius 3 is 0.600 bits per heavy atom. The number of rotatable bonds is 4. The fraction of sp³-hybridized carbons (Fsp3) is 0.333.